The third kappa shape index (κ3) is 5.00. The Morgan fingerprint density at radius 3 is 2.48 bits per heavy atom. The summed E-state index contributed by atoms with van der Waals surface area (Å²) in [5, 5.41) is 12.1. The molecule has 31 heavy (non-hydrogen) atoms. The fourth-order valence-corrected chi connectivity index (χ4v) is 3.98. The predicted octanol–water partition coefficient (Wildman–Crippen LogP) is 4.82. The van der Waals surface area contributed by atoms with Crippen LogP contribution in [0, 0.1) is 6.92 Å². The second-order valence-electron chi connectivity index (χ2n) is 7.16. The fourth-order valence-electron chi connectivity index (χ4n) is 3.13. The third-order valence-electron chi connectivity index (χ3n) is 4.85. The van der Waals surface area contributed by atoms with Crippen LogP contribution in [0.4, 0.5) is 5.69 Å². The smallest absolute Gasteiger partial charge is 0.237 e. The molecule has 0 aliphatic heterocycles. The quantitative estimate of drug-likeness (QED) is 0.427. The van der Waals surface area contributed by atoms with Crippen LogP contribution in [0.5, 0.6) is 0 Å². The van der Waals surface area contributed by atoms with Gasteiger partial charge in [-0.3, -0.25) is 14.3 Å². The Morgan fingerprint density at radius 2 is 1.74 bits per heavy atom. The number of nitrogens with one attached hydrogen (secondary N) is 1. The Labute approximate surface area is 185 Å². The molecule has 0 fully saturated rings. The van der Waals surface area contributed by atoms with Gasteiger partial charge in [0.05, 0.1) is 11.8 Å². The molecule has 2 heterocycles. The van der Waals surface area contributed by atoms with Gasteiger partial charge in [-0.1, -0.05) is 66.4 Å². The lowest BCUT2D eigenvalue weighted by Gasteiger charge is -2.14. The van der Waals surface area contributed by atoms with E-state index in [0.29, 0.717) is 17.5 Å². The van der Waals surface area contributed by atoms with Gasteiger partial charge in [0.25, 0.3) is 0 Å². The van der Waals surface area contributed by atoms with Crippen molar-refractivity contribution in [1.29, 1.82) is 0 Å². The van der Waals surface area contributed by atoms with Crippen LogP contribution in [0.25, 0.3) is 11.5 Å². The minimum atomic E-state index is -0.352. The Hall–Kier alpha value is -3.45. The van der Waals surface area contributed by atoms with Crippen molar-refractivity contribution in [2.24, 2.45) is 0 Å². The molecule has 2 aromatic carbocycles. The minimum absolute atomic E-state index is 0.0760. The van der Waals surface area contributed by atoms with Crippen molar-refractivity contribution in [1.82, 2.24) is 19.7 Å². The molecule has 4 rings (SSSR count). The van der Waals surface area contributed by atoms with Crippen LogP contribution in [0.2, 0.25) is 0 Å². The van der Waals surface area contributed by atoms with Crippen molar-refractivity contribution in [2.45, 2.75) is 30.8 Å². The van der Waals surface area contributed by atoms with E-state index in [9.17, 15) is 4.79 Å². The number of carbonyl (C=O) groups excluding carboxylic acids is 1. The van der Waals surface area contributed by atoms with E-state index in [1.165, 1.54) is 11.8 Å². The summed E-state index contributed by atoms with van der Waals surface area (Å²) in [7, 11) is 0. The molecule has 0 saturated carbocycles. The highest BCUT2D eigenvalue weighted by atomic mass is 32.2. The lowest BCUT2D eigenvalue weighted by atomic mass is 10.2. The number of thioether (sulfide) groups is 1. The van der Waals surface area contributed by atoms with E-state index in [0.717, 1.165) is 22.5 Å². The number of anilines is 1. The lowest BCUT2D eigenvalue weighted by molar-refractivity contribution is -0.115. The largest absolute Gasteiger partial charge is 0.325 e. The van der Waals surface area contributed by atoms with Gasteiger partial charge in [-0.25, -0.2) is 0 Å². The number of benzene rings is 2. The van der Waals surface area contributed by atoms with Gasteiger partial charge in [0, 0.05) is 11.9 Å². The number of carbonyl (C=O) groups is 1. The van der Waals surface area contributed by atoms with E-state index in [-0.39, 0.29) is 11.2 Å². The standard InChI is InChI=1S/C24H23N5OS/c1-17-10-6-7-13-20(17)26-23(30)18(2)31-24-28-27-22(21-14-8-9-15-25-21)29(24)16-19-11-4-3-5-12-19/h3-15,18H,16H2,1-2H3,(H,26,30)/t18-/m1/s1. The van der Waals surface area contributed by atoms with Crippen LogP contribution in [0.3, 0.4) is 0 Å². The van der Waals surface area contributed by atoms with Gasteiger partial charge >= 0.3 is 0 Å². The number of aromatic nitrogens is 4. The Bertz CT molecular complexity index is 1160. The molecule has 7 heteroatoms. The van der Waals surface area contributed by atoms with Crippen molar-refractivity contribution in [3.8, 4) is 11.5 Å². The monoisotopic (exact) mass is 429 g/mol. The molecule has 0 aliphatic carbocycles. The molecule has 1 atom stereocenters. The van der Waals surface area contributed by atoms with Crippen molar-refractivity contribution < 1.29 is 4.79 Å². The molecule has 0 saturated heterocycles. The average Bonchev–Trinajstić information content (AvgIpc) is 3.18. The molecule has 6 nitrogen and oxygen atoms in total. The van der Waals surface area contributed by atoms with Crippen LogP contribution < -0.4 is 5.32 Å². The van der Waals surface area contributed by atoms with Gasteiger partial charge in [-0.2, -0.15) is 0 Å². The summed E-state index contributed by atoms with van der Waals surface area (Å²) in [6, 6.07) is 23.6. The highest BCUT2D eigenvalue weighted by molar-refractivity contribution is 8.00. The van der Waals surface area contributed by atoms with Gasteiger partial charge < -0.3 is 5.32 Å². The number of nitrogens with zero attached hydrogens (tertiary/aromatic N) is 4. The van der Waals surface area contributed by atoms with Gasteiger partial charge in [0.2, 0.25) is 5.91 Å². The number of hydrogen-bond acceptors (Lipinski definition) is 5. The molecular formula is C24H23N5OS. The first-order valence-electron chi connectivity index (χ1n) is 10.0. The molecule has 2 aromatic heterocycles. The molecule has 0 radical (unpaired) electrons. The fraction of sp³-hybridized carbons (Fsp3) is 0.167. The minimum Gasteiger partial charge on any atom is -0.325 e. The second-order valence-corrected chi connectivity index (χ2v) is 8.47. The maximum Gasteiger partial charge on any atom is 0.237 e. The van der Waals surface area contributed by atoms with E-state index in [4.69, 9.17) is 0 Å². The first-order chi connectivity index (χ1) is 15.1. The summed E-state index contributed by atoms with van der Waals surface area (Å²) in [4.78, 5) is 17.2. The van der Waals surface area contributed by atoms with E-state index < -0.39 is 0 Å². The SMILES string of the molecule is Cc1ccccc1NC(=O)[C@@H](C)Sc1nnc(-c2ccccn2)n1Cc1ccccc1. The maximum atomic E-state index is 12.8. The lowest BCUT2D eigenvalue weighted by Crippen LogP contribution is -2.23. The third-order valence-corrected chi connectivity index (χ3v) is 5.93. The zero-order valence-corrected chi connectivity index (χ0v) is 18.2. The molecule has 4 aromatic rings. The van der Waals surface area contributed by atoms with Gasteiger partial charge in [0.15, 0.2) is 11.0 Å². The number of amides is 1. The van der Waals surface area contributed by atoms with Crippen LogP contribution in [0.1, 0.15) is 18.1 Å². The van der Waals surface area contributed by atoms with Gasteiger partial charge in [0.1, 0.15) is 5.69 Å². The highest BCUT2D eigenvalue weighted by Crippen LogP contribution is 2.28. The Balaban J connectivity index is 1.59. The summed E-state index contributed by atoms with van der Waals surface area (Å²) in [6.07, 6.45) is 1.74. The molecular weight excluding hydrogens is 406 g/mol. The number of hydrogen-bond donors (Lipinski definition) is 1. The molecule has 0 unspecified atom stereocenters. The second kappa shape index (κ2) is 9.57. The molecule has 1 N–H and O–H groups in total. The first-order valence-corrected chi connectivity index (χ1v) is 10.9. The highest BCUT2D eigenvalue weighted by Gasteiger charge is 2.22. The number of para-hydroxylation sites is 1. The number of aryl methyl sites for hydroxylation is 1. The maximum absolute atomic E-state index is 12.8. The van der Waals surface area contributed by atoms with Crippen molar-refractivity contribution in [3.05, 3.63) is 90.1 Å². The Kier molecular flexibility index (Phi) is 6.43. The summed E-state index contributed by atoms with van der Waals surface area (Å²) in [6.45, 7) is 4.44. The summed E-state index contributed by atoms with van der Waals surface area (Å²) >= 11 is 1.39. The molecule has 156 valence electrons. The molecule has 0 bridgehead atoms. The molecule has 1 amide bonds. The van der Waals surface area contributed by atoms with E-state index >= 15 is 0 Å². The van der Waals surface area contributed by atoms with Crippen LogP contribution in [-0.2, 0) is 11.3 Å². The summed E-state index contributed by atoms with van der Waals surface area (Å²) < 4.78 is 2.01. The Morgan fingerprint density at radius 1 is 1.00 bits per heavy atom. The number of pyridine rings is 1. The molecule has 0 spiro atoms. The summed E-state index contributed by atoms with van der Waals surface area (Å²) in [5.41, 5.74) is 3.71. The normalized spacial score (nSPS) is 11.8. The van der Waals surface area contributed by atoms with Gasteiger partial charge in [-0.05, 0) is 43.2 Å². The molecule has 0 aliphatic rings. The van der Waals surface area contributed by atoms with Gasteiger partial charge in [-0.15, -0.1) is 10.2 Å². The van der Waals surface area contributed by atoms with Crippen LogP contribution >= 0.6 is 11.8 Å². The van der Waals surface area contributed by atoms with Crippen LogP contribution in [0.15, 0.2) is 84.1 Å². The zero-order chi connectivity index (χ0) is 21.6. The van der Waals surface area contributed by atoms with E-state index in [2.05, 4.69) is 32.6 Å². The topological polar surface area (TPSA) is 72.7 Å². The van der Waals surface area contributed by atoms with E-state index in [1.54, 1.807) is 6.20 Å². The number of rotatable bonds is 7. The average molecular weight is 430 g/mol. The van der Waals surface area contributed by atoms with Crippen molar-refractivity contribution >= 4 is 23.4 Å². The predicted molar refractivity (Wildman–Crippen MR) is 124 cm³/mol. The van der Waals surface area contributed by atoms with Crippen molar-refractivity contribution in [3.63, 3.8) is 0 Å². The first kappa shape index (κ1) is 20.8. The zero-order valence-electron chi connectivity index (χ0n) is 17.4. The summed E-state index contributed by atoms with van der Waals surface area (Å²) in [5.74, 6) is 0.603. The van der Waals surface area contributed by atoms with E-state index in [1.807, 2.05) is 79.1 Å². The van der Waals surface area contributed by atoms with Crippen molar-refractivity contribution in [2.75, 3.05) is 5.32 Å². The van der Waals surface area contributed by atoms with Crippen LogP contribution in [-0.4, -0.2) is 30.9 Å².